The number of nitrogens with zero attached hydrogens (tertiary/aromatic N) is 3. The van der Waals surface area contributed by atoms with E-state index >= 15 is 0 Å². The number of rotatable bonds is 7. The molecule has 0 radical (unpaired) electrons. The van der Waals surface area contributed by atoms with E-state index in [0.29, 0.717) is 18.7 Å². The molecular weight excluding hydrogens is 529 g/mol. The second-order valence-corrected chi connectivity index (χ2v) is 12.5. The molecule has 0 saturated carbocycles. The zero-order valence-electron chi connectivity index (χ0n) is 20.5. The summed E-state index contributed by atoms with van der Waals surface area (Å²) in [5.41, 5.74) is 2.65. The minimum atomic E-state index is -4.05. The minimum absolute atomic E-state index is 0.0115. The van der Waals surface area contributed by atoms with Gasteiger partial charge in [-0.3, -0.25) is 4.98 Å². The van der Waals surface area contributed by atoms with Crippen molar-refractivity contribution in [3.63, 3.8) is 0 Å². The molecule has 2 aromatic carbocycles. The number of nitrogens with one attached hydrogen (secondary N) is 1. The van der Waals surface area contributed by atoms with Crippen molar-refractivity contribution in [1.29, 1.82) is 0 Å². The Morgan fingerprint density at radius 3 is 2.55 bits per heavy atom. The van der Waals surface area contributed by atoms with E-state index in [1.165, 1.54) is 48.9 Å². The van der Waals surface area contributed by atoms with Gasteiger partial charge < -0.3 is 10.2 Å². The molecule has 0 aliphatic carbocycles. The van der Waals surface area contributed by atoms with Crippen molar-refractivity contribution in [3.8, 4) is 11.3 Å². The number of pyridine rings is 1. The van der Waals surface area contributed by atoms with Crippen LogP contribution in [0.4, 0.5) is 10.1 Å². The standard InChI is InChI=1S/C26H26FN5O4S2/c1-31-12-10-24(22-9-8-19(14-25(22)31)37(28,33)34)30-15-18-13-26(21-6-2-3-7-23(21)27)32(17-18)38(35,36)20-5-4-11-29-16-20/h2-9,11,13-14,16-17,24,30H,10,12,15H2,1H3,(H2,28,33,34). The number of benzene rings is 2. The average Bonchev–Trinajstić information content (AvgIpc) is 3.33. The number of fused-ring (bicyclic) bond motifs is 1. The van der Waals surface area contributed by atoms with Gasteiger partial charge in [0.15, 0.2) is 0 Å². The predicted molar refractivity (Wildman–Crippen MR) is 142 cm³/mol. The molecule has 1 aliphatic heterocycles. The molecule has 1 atom stereocenters. The van der Waals surface area contributed by atoms with Gasteiger partial charge in [-0.2, -0.15) is 0 Å². The van der Waals surface area contributed by atoms with Crippen LogP contribution in [0.2, 0.25) is 0 Å². The maximum absolute atomic E-state index is 14.8. The maximum atomic E-state index is 14.8. The van der Waals surface area contributed by atoms with Crippen LogP contribution in [-0.4, -0.2) is 39.4 Å². The molecule has 3 N–H and O–H groups in total. The summed E-state index contributed by atoms with van der Waals surface area (Å²) in [4.78, 5) is 5.92. The first-order valence-corrected chi connectivity index (χ1v) is 14.8. The van der Waals surface area contributed by atoms with E-state index in [1.54, 1.807) is 30.3 Å². The first kappa shape index (κ1) is 26.0. The summed E-state index contributed by atoms with van der Waals surface area (Å²) in [6, 6.07) is 15.3. The van der Waals surface area contributed by atoms with Crippen LogP contribution in [0, 0.1) is 5.82 Å². The highest BCUT2D eigenvalue weighted by molar-refractivity contribution is 7.90. The van der Waals surface area contributed by atoms with Crippen LogP contribution in [0.5, 0.6) is 0 Å². The number of halogens is 1. The van der Waals surface area contributed by atoms with Crippen LogP contribution in [0.25, 0.3) is 11.3 Å². The monoisotopic (exact) mass is 555 g/mol. The molecule has 38 heavy (non-hydrogen) atoms. The van der Waals surface area contributed by atoms with E-state index in [-0.39, 0.29) is 27.1 Å². The number of anilines is 1. The number of hydrogen-bond donors (Lipinski definition) is 2. The quantitative estimate of drug-likeness (QED) is 0.358. The molecular formula is C26H26FN5O4S2. The van der Waals surface area contributed by atoms with Gasteiger partial charge in [-0.1, -0.05) is 18.2 Å². The fourth-order valence-electron chi connectivity index (χ4n) is 4.65. The zero-order valence-corrected chi connectivity index (χ0v) is 22.1. The first-order chi connectivity index (χ1) is 18.1. The van der Waals surface area contributed by atoms with E-state index in [1.807, 2.05) is 11.9 Å². The molecule has 3 heterocycles. The van der Waals surface area contributed by atoms with Crippen LogP contribution in [-0.2, 0) is 26.6 Å². The highest BCUT2D eigenvalue weighted by Crippen LogP contribution is 2.35. The molecule has 2 aromatic heterocycles. The van der Waals surface area contributed by atoms with Gasteiger partial charge in [-0.25, -0.2) is 30.3 Å². The van der Waals surface area contributed by atoms with Gasteiger partial charge in [0.05, 0.1) is 10.6 Å². The summed E-state index contributed by atoms with van der Waals surface area (Å²) < 4.78 is 66.5. The lowest BCUT2D eigenvalue weighted by molar-refractivity contribution is 0.483. The molecule has 0 spiro atoms. The van der Waals surface area contributed by atoms with Gasteiger partial charge in [0.25, 0.3) is 10.0 Å². The van der Waals surface area contributed by atoms with Gasteiger partial charge in [-0.15, -0.1) is 0 Å². The largest absolute Gasteiger partial charge is 0.374 e. The van der Waals surface area contributed by atoms with Crippen molar-refractivity contribution in [2.75, 3.05) is 18.5 Å². The second kappa shape index (κ2) is 9.95. The Hall–Kier alpha value is -3.58. The first-order valence-electron chi connectivity index (χ1n) is 11.8. The van der Waals surface area contributed by atoms with E-state index in [9.17, 15) is 21.2 Å². The summed E-state index contributed by atoms with van der Waals surface area (Å²) in [6.07, 6.45) is 4.96. The SMILES string of the molecule is CN1CCC(NCc2cc(-c3ccccc3F)n(S(=O)(=O)c3cccnc3)c2)c2ccc(S(N)(=O)=O)cc21. The lowest BCUT2D eigenvalue weighted by Crippen LogP contribution is -2.33. The minimum Gasteiger partial charge on any atom is -0.374 e. The number of hydrogen-bond acceptors (Lipinski definition) is 7. The van der Waals surface area contributed by atoms with Crippen LogP contribution in [0.15, 0.2) is 89.0 Å². The maximum Gasteiger partial charge on any atom is 0.269 e. The fourth-order valence-corrected chi connectivity index (χ4v) is 6.54. The van der Waals surface area contributed by atoms with Crippen molar-refractivity contribution < 1.29 is 21.2 Å². The normalized spacial score (nSPS) is 15.9. The third-order valence-electron chi connectivity index (χ3n) is 6.61. The van der Waals surface area contributed by atoms with Crippen LogP contribution < -0.4 is 15.4 Å². The fraction of sp³-hybridized carbons (Fsp3) is 0.192. The molecule has 1 aliphatic rings. The van der Waals surface area contributed by atoms with Gasteiger partial charge in [0.1, 0.15) is 10.7 Å². The Bertz CT molecular complexity index is 1710. The van der Waals surface area contributed by atoms with Gasteiger partial charge in [0, 0.05) is 56.0 Å². The van der Waals surface area contributed by atoms with Crippen molar-refractivity contribution in [3.05, 3.63) is 96.2 Å². The zero-order chi connectivity index (χ0) is 27.1. The average molecular weight is 556 g/mol. The summed E-state index contributed by atoms with van der Waals surface area (Å²) in [5.74, 6) is -0.539. The van der Waals surface area contributed by atoms with Crippen molar-refractivity contribution in [2.45, 2.75) is 28.8 Å². The van der Waals surface area contributed by atoms with E-state index in [2.05, 4.69) is 10.3 Å². The summed E-state index contributed by atoms with van der Waals surface area (Å²) >= 11 is 0. The van der Waals surface area contributed by atoms with E-state index < -0.39 is 25.9 Å². The molecule has 12 heteroatoms. The second-order valence-electron chi connectivity index (χ2n) is 9.11. The van der Waals surface area contributed by atoms with Gasteiger partial charge >= 0.3 is 0 Å². The third-order valence-corrected chi connectivity index (χ3v) is 9.17. The Morgan fingerprint density at radius 2 is 1.84 bits per heavy atom. The van der Waals surface area contributed by atoms with E-state index in [0.717, 1.165) is 21.6 Å². The molecule has 0 bridgehead atoms. The lowest BCUT2D eigenvalue weighted by atomic mass is 9.96. The number of primary sulfonamides is 1. The van der Waals surface area contributed by atoms with Crippen molar-refractivity contribution in [1.82, 2.24) is 14.3 Å². The van der Waals surface area contributed by atoms with Crippen molar-refractivity contribution in [2.24, 2.45) is 5.14 Å². The molecule has 5 rings (SSSR count). The highest BCUT2D eigenvalue weighted by atomic mass is 32.2. The van der Waals surface area contributed by atoms with Crippen molar-refractivity contribution >= 4 is 25.7 Å². The molecule has 4 aromatic rings. The summed E-state index contributed by atoms with van der Waals surface area (Å²) in [5, 5.41) is 8.76. The van der Waals surface area contributed by atoms with Gasteiger partial charge in [-0.05, 0) is 60.0 Å². The Kier molecular flexibility index (Phi) is 6.82. The molecule has 0 fully saturated rings. The number of nitrogens with two attached hydrogens (primary N) is 1. The molecule has 198 valence electrons. The Morgan fingerprint density at radius 1 is 1.05 bits per heavy atom. The lowest BCUT2D eigenvalue weighted by Gasteiger charge is -2.34. The summed E-state index contributed by atoms with van der Waals surface area (Å²) in [7, 11) is -6.01. The van der Waals surface area contributed by atoms with Crippen LogP contribution in [0.3, 0.4) is 0 Å². The third kappa shape index (κ3) is 4.95. The molecule has 9 nitrogen and oxygen atoms in total. The number of sulfonamides is 1. The number of aromatic nitrogens is 2. The van der Waals surface area contributed by atoms with Crippen LogP contribution in [0.1, 0.15) is 23.6 Å². The molecule has 0 saturated heterocycles. The Labute approximate surface area is 220 Å². The smallest absolute Gasteiger partial charge is 0.269 e. The van der Waals surface area contributed by atoms with Crippen LogP contribution >= 0.6 is 0 Å². The summed E-state index contributed by atoms with van der Waals surface area (Å²) in [6.45, 7) is 0.970. The molecule has 1 unspecified atom stereocenters. The topological polar surface area (TPSA) is 127 Å². The van der Waals surface area contributed by atoms with Gasteiger partial charge in [0.2, 0.25) is 10.0 Å². The Balaban J connectivity index is 1.49. The van der Waals surface area contributed by atoms with E-state index in [4.69, 9.17) is 5.14 Å². The highest BCUT2D eigenvalue weighted by Gasteiger charge is 2.27. The predicted octanol–water partition coefficient (Wildman–Crippen LogP) is 3.24. The molecule has 0 amide bonds.